The van der Waals surface area contributed by atoms with Crippen LogP contribution in [0.1, 0.15) is 50.9 Å². The Labute approximate surface area is 179 Å². The van der Waals surface area contributed by atoms with Crippen molar-refractivity contribution in [3.8, 4) is 0 Å². The Bertz CT molecular complexity index is 770. The third kappa shape index (κ3) is 3.96. The minimum atomic E-state index is -0.163. The lowest BCUT2D eigenvalue weighted by atomic mass is 9.71. The molecule has 2 atom stereocenters. The van der Waals surface area contributed by atoms with Gasteiger partial charge in [-0.2, -0.15) is 0 Å². The summed E-state index contributed by atoms with van der Waals surface area (Å²) in [6.07, 6.45) is 3.63. The number of piperazine rings is 1. The summed E-state index contributed by atoms with van der Waals surface area (Å²) in [6, 6.07) is 2.00. The van der Waals surface area contributed by atoms with E-state index >= 15 is 0 Å². The molecule has 4 rings (SSSR count). The van der Waals surface area contributed by atoms with Gasteiger partial charge in [0, 0.05) is 55.9 Å². The highest BCUT2D eigenvalue weighted by Crippen LogP contribution is 2.52. The third-order valence-corrected chi connectivity index (χ3v) is 7.40. The van der Waals surface area contributed by atoms with E-state index in [0.717, 1.165) is 75.7 Å². The van der Waals surface area contributed by atoms with Gasteiger partial charge in [0.25, 0.3) is 0 Å². The Hall–Kier alpha value is -2.02. The molecule has 2 bridgehead atoms. The van der Waals surface area contributed by atoms with E-state index in [9.17, 15) is 9.59 Å². The molecule has 1 saturated carbocycles. The molecule has 1 aliphatic carbocycles. The number of anilines is 1. The van der Waals surface area contributed by atoms with Crippen molar-refractivity contribution >= 4 is 17.8 Å². The molecule has 3 fully saturated rings. The van der Waals surface area contributed by atoms with Gasteiger partial charge >= 0.3 is 0 Å². The van der Waals surface area contributed by atoms with Crippen molar-refractivity contribution in [2.75, 3.05) is 44.2 Å². The van der Waals surface area contributed by atoms with Crippen LogP contribution in [-0.4, -0.2) is 70.9 Å². The lowest BCUT2D eigenvalue weighted by Crippen LogP contribution is -2.54. The van der Waals surface area contributed by atoms with Gasteiger partial charge < -0.3 is 4.90 Å². The first-order valence-corrected chi connectivity index (χ1v) is 11.4. The molecule has 2 aliphatic heterocycles. The zero-order valence-electron chi connectivity index (χ0n) is 18.9. The molecule has 7 nitrogen and oxygen atoms in total. The summed E-state index contributed by atoms with van der Waals surface area (Å²) >= 11 is 0. The van der Waals surface area contributed by atoms with Crippen LogP contribution in [0.25, 0.3) is 0 Å². The number of aryl methyl sites for hydroxylation is 2. The normalized spacial score (nSPS) is 26.5. The monoisotopic (exact) mass is 413 g/mol. The number of unbranched alkanes of at least 4 members (excludes halogenated alkanes) is 1. The average Bonchev–Trinajstić information content (AvgIpc) is 2.93. The molecule has 0 spiro atoms. The first-order valence-electron chi connectivity index (χ1n) is 11.4. The summed E-state index contributed by atoms with van der Waals surface area (Å²) in [5.41, 5.74) is 1.86. The highest BCUT2D eigenvalue weighted by atomic mass is 16.2. The summed E-state index contributed by atoms with van der Waals surface area (Å²) in [5, 5.41) is 0. The highest BCUT2D eigenvalue weighted by molar-refractivity contribution is 6.01. The lowest BCUT2D eigenvalue weighted by Gasteiger charge is -2.41. The number of carbonyl (C=O) groups excluding carboxylic acids is 2. The first kappa shape index (κ1) is 21.2. The Morgan fingerprint density at radius 3 is 2.00 bits per heavy atom. The van der Waals surface area contributed by atoms with E-state index in [-0.39, 0.29) is 29.1 Å². The van der Waals surface area contributed by atoms with Crippen molar-refractivity contribution in [2.24, 2.45) is 17.3 Å². The van der Waals surface area contributed by atoms with Crippen molar-refractivity contribution in [3.05, 3.63) is 17.5 Å². The van der Waals surface area contributed by atoms with Gasteiger partial charge in [-0.25, -0.2) is 9.97 Å². The fraction of sp³-hybridized carbons (Fsp3) is 0.739. The number of hydrogen-bond acceptors (Lipinski definition) is 6. The van der Waals surface area contributed by atoms with E-state index in [1.807, 2.05) is 19.9 Å². The number of piperidine rings is 1. The zero-order chi connectivity index (χ0) is 21.5. The second kappa shape index (κ2) is 8.25. The van der Waals surface area contributed by atoms with Crippen LogP contribution in [0.15, 0.2) is 6.07 Å². The molecule has 0 radical (unpaired) electrons. The summed E-state index contributed by atoms with van der Waals surface area (Å²) in [7, 11) is 0. The minimum Gasteiger partial charge on any atom is -0.338 e. The number of hydrogen-bond donors (Lipinski definition) is 0. The van der Waals surface area contributed by atoms with Crippen molar-refractivity contribution < 1.29 is 9.59 Å². The second-order valence-corrected chi connectivity index (χ2v) is 9.82. The van der Waals surface area contributed by atoms with Crippen molar-refractivity contribution in [3.63, 3.8) is 0 Å². The van der Waals surface area contributed by atoms with Crippen LogP contribution >= 0.6 is 0 Å². The largest absolute Gasteiger partial charge is 0.338 e. The van der Waals surface area contributed by atoms with E-state index in [0.29, 0.717) is 6.54 Å². The molecule has 1 aromatic rings. The quantitative estimate of drug-likeness (QED) is 0.527. The Kier molecular flexibility index (Phi) is 5.84. The zero-order valence-corrected chi connectivity index (χ0v) is 18.9. The van der Waals surface area contributed by atoms with E-state index < -0.39 is 0 Å². The summed E-state index contributed by atoms with van der Waals surface area (Å²) in [6.45, 7) is 13.7. The van der Waals surface area contributed by atoms with Gasteiger partial charge in [0.1, 0.15) is 0 Å². The van der Waals surface area contributed by atoms with Crippen LogP contribution in [0.2, 0.25) is 0 Å². The third-order valence-electron chi connectivity index (χ3n) is 7.40. The topological polar surface area (TPSA) is 69.6 Å². The van der Waals surface area contributed by atoms with E-state index in [4.69, 9.17) is 0 Å². The molecular weight excluding hydrogens is 378 g/mol. The molecule has 3 heterocycles. The molecule has 164 valence electrons. The molecule has 2 amide bonds. The maximum absolute atomic E-state index is 12.8. The Balaban J connectivity index is 1.21. The molecule has 7 heteroatoms. The Morgan fingerprint density at radius 1 is 0.900 bits per heavy atom. The van der Waals surface area contributed by atoms with Gasteiger partial charge in [0.05, 0.1) is 0 Å². The number of aromatic nitrogens is 2. The molecule has 2 saturated heterocycles. The van der Waals surface area contributed by atoms with Crippen LogP contribution < -0.4 is 4.90 Å². The van der Waals surface area contributed by atoms with Crippen LogP contribution in [0.5, 0.6) is 0 Å². The van der Waals surface area contributed by atoms with Gasteiger partial charge in [-0.05, 0) is 57.6 Å². The van der Waals surface area contributed by atoms with E-state index in [2.05, 4.69) is 33.6 Å². The SMILES string of the molecule is Cc1cc(C)nc(N2CCN(CCCCN3C(=O)[C@H]4CC[C@@H](C3=O)C4(C)C)CC2)n1. The van der Waals surface area contributed by atoms with Crippen molar-refractivity contribution in [1.29, 1.82) is 0 Å². The molecular formula is C23H35N5O2. The fourth-order valence-electron chi connectivity index (χ4n) is 5.53. The van der Waals surface area contributed by atoms with Gasteiger partial charge in [-0.1, -0.05) is 13.8 Å². The molecule has 1 aromatic heterocycles. The predicted octanol–water partition coefficient (Wildman–Crippen LogP) is 2.42. The number of imide groups is 1. The van der Waals surface area contributed by atoms with Gasteiger partial charge in [-0.3, -0.25) is 19.4 Å². The average molecular weight is 414 g/mol. The van der Waals surface area contributed by atoms with E-state index in [1.165, 1.54) is 0 Å². The standard InChI is InChI=1S/C23H35N5O2/c1-16-15-17(2)25-22(24-16)27-13-11-26(12-14-27)9-5-6-10-28-20(29)18-7-8-19(21(28)30)23(18,3)4/h15,18-19H,5-14H2,1-4H3/t18-,19+. The number of nitrogens with zero attached hydrogens (tertiary/aromatic N) is 5. The van der Waals surface area contributed by atoms with Crippen LogP contribution in [0.3, 0.4) is 0 Å². The van der Waals surface area contributed by atoms with Crippen molar-refractivity contribution in [2.45, 2.75) is 53.4 Å². The van der Waals surface area contributed by atoms with E-state index in [1.54, 1.807) is 4.90 Å². The number of amides is 2. The molecule has 0 unspecified atom stereocenters. The molecule has 0 aromatic carbocycles. The van der Waals surface area contributed by atoms with Crippen LogP contribution in [0.4, 0.5) is 5.95 Å². The fourth-order valence-corrected chi connectivity index (χ4v) is 5.53. The van der Waals surface area contributed by atoms with Gasteiger partial charge in [-0.15, -0.1) is 0 Å². The van der Waals surface area contributed by atoms with Gasteiger partial charge in [0.2, 0.25) is 17.8 Å². The Morgan fingerprint density at radius 2 is 1.43 bits per heavy atom. The maximum Gasteiger partial charge on any atom is 0.232 e. The minimum absolute atomic E-state index is 0.0285. The second-order valence-electron chi connectivity index (χ2n) is 9.82. The predicted molar refractivity (Wildman–Crippen MR) is 116 cm³/mol. The first-order chi connectivity index (χ1) is 14.3. The summed E-state index contributed by atoms with van der Waals surface area (Å²) < 4.78 is 0. The maximum atomic E-state index is 12.8. The molecule has 30 heavy (non-hydrogen) atoms. The van der Waals surface area contributed by atoms with Crippen LogP contribution in [-0.2, 0) is 9.59 Å². The smallest absolute Gasteiger partial charge is 0.232 e. The number of fused-ring (bicyclic) bond motifs is 2. The van der Waals surface area contributed by atoms with Crippen LogP contribution in [0, 0.1) is 31.1 Å². The number of rotatable bonds is 6. The summed E-state index contributed by atoms with van der Waals surface area (Å²) in [4.78, 5) is 41.1. The summed E-state index contributed by atoms with van der Waals surface area (Å²) in [5.74, 6) is 1.04. The van der Waals surface area contributed by atoms with Crippen molar-refractivity contribution in [1.82, 2.24) is 19.8 Å². The lowest BCUT2D eigenvalue weighted by molar-refractivity contribution is -0.160. The number of likely N-dealkylation sites (tertiary alicyclic amines) is 1. The molecule has 0 N–H and O–H groups in total. The van der Waals surface area contributed by atoms with Gasteiger partial charge in [0.15, 0.2) is 0 Å². The molecule has 3 aliphatic rings. The highest BCUT2D eigenvalue weighted by Gasteiger charge is 2.56. The number of carbonyl (C=O) groups is 2.